The zero-order valence-corrected chi connectivity index (χ0v) is 16.0. The zero-order chi connectivity index (χ0) is 18.6. The third-order valence-electron chi connectivity index (χ3n) is 2.77. The second-order valence-corrected chi connectivity index (χ2v) is 6.62. The molecule has 0 aliphatic heterocycles. The van der Waals surface area contributed by atoms with E-state index in [2.05, 4.69) is 50.3 Å². The van der Waals surface area contributed by atoms with E-state index >= 15 is 0 Å². The topological polar surface area (TPSA) is 55.1 Å². The molecule has 0 unspecified atom stereocenters. The van der Waals surface area contributed by atoms with Crippen LogP contribution in [0.4, 0.5) is 24.5 Å². The van der Waals surface area contributed by atoms with Gasteiger partial charge in [0.1, 0.15) is 5.83 Å². The summed E-state index contributed by atoms with van der Waals surface area (Å²) in [7, 11) is 0. The van der Waals surface area contributed by atoms with Crippen LogP contribution in [0, 0.1) is 0 Å². The van der Waals surface area contributed by atoms with E-state index in [-0.39, 0.29) is 36.5 Å². The maximum atomic E-state index is 13.1. The number of carbonyl (C=O) groups is 1. The second kappa shape index (κ2) is 8.73. The molecule has 0 fully saturated rings. The maximum Gasteiger partial charge on any atom is 0.255 e. The average molecular weight is 489 g/mol. The Balaban J connectivity index is 3.40. The maximum absolute atomic E-state index is 13.1. The van der Waals surface area contributed by atoms with E-state index in [1.54, 1.807) is 0 Å². The molecule has 0 aliphatic carbocycles. The van der Waals surface area contributed by atoms with E-state index in [1.165, 1.54) is 6.07 Å². The highest BCUT2D eigenvalue weighted by atomic mass is 79.9. The molecule has 1 aromatic carbocycles. The van der Waals surface area contributed by atoms with Gasteiger partial charge in [0.2, 0.25) is 0 Å². The number of carbonyl (C=O) groups excluding carboxylic acids is 1. The number of halogens is 6. The van der Waals surface area contributed by atoms with Crippen molar-refractivity contribution in [1.29, 1.82) is 0 Å². The molecule has 9 heteroatoms. The molecule has 130 valence electrons. The molecule has 0 saturated carbocycles. The van der Waals surface area contributed by atoms with Crippen LogP contribution < -0.4 is 11.1 Å². The molecule has 0 atom stereocenters. The molecular formula is C15H12Br2ClF3N2O. The van der Waals surface area contributed by atoms with Gasteiger partial charge in [-0.05, 0) is 44.0 Å². The van der Waals surface area contributed by atoms with Crippen molar-refractivity contribution in [2.45, 2.75) is 6.43 Å². The molecule has 0 saturated heterocycles. The molecule has 0 bridgehead atoms. The van der Waals surface area contributed by atoms with Crippen LogP contribution in [0.3, 0.4) is 0 Å². The van der Waals surface area contributed by atoms with Gasteiger partial charge in [0.15, 0.2) is 5.78 Å². The van der Waals surface area contributed by atoms with E-state index < -0.39 is 24.6 Å². The number of Topliss-reactive ketones (excluding diaryl/α,β-unsaturated/α-hetero) is 1. The Morgan fingerprint density at radius 3 is 2.46 bits per heavy atom. The van der Waals surface area contributed by atoms with E-state index in [1.807, 2.05) is 0 Å². The minimum absolute atomic E-state index is 0.0424. The molecule has 3 N–H and O–H groups in total. The Morgan fingerprint density at radius 2 is 2.00 bits per heavy atom. The standard InChI is InChI=1S/C15H12Br2ClF3N2O/c1-6(19)3-8(7(2)18)15(24)12-9(16)4-10(14(22)13(12)17)23-5-11(20)21/h3-4,11,23H,1-2,5,22H2/b8-3+. The summed E-state index contributed by atoms with van der Waals surface area (Å²) in [6, 6.07) is 1.37. The first-order chi connectivity index (χ1) is 11.1. The van der Waals surface area contributed by atoms with E-state index in [4.69, 9.17) is 17.3 Å². The number of nitrogen functional groups attached to an aromatic ring is 1. The summed E-state index contributed by atoms with van der Waals surface area (Å²) in [6.45, 7) is 5.85. The smallest absolute Gasteiger partial charge is 0.255 e. The summed E-state index contributed by atoms with van der Waals surface area (Å²) >= 11 is 12.1. The number of hydrogen-bond acceptors (Lipinski definition) is 3. The molecule has 0 aliphatic rings. The number of allylic oxidation sites excluding steroid dienone is 4. The first kappa shape index (κ1) is 20.8. The first-order valence-corrected chi connectivity index (χ1v) is 8.27. The lowest BCUT2D eigenvalue weighted by atomic mass is 10.0. The Morgan fingerprint density at radius 1 is 1.42 bits per heavy atom. The highest BCUT2D eigenvalue weighted by Crippen LogP contribution is 2.39. The van der Waals surface area contributed by atoms with Crippen molar-refractivity contribution in [3.63, 3.8) is 0 Å². The Bertz CT molecular complexity index is 736. The predicted octanol–water partition coefficient (Wildman–Crippen LogP) is 5.82. The van der Waals surface area contributed by atoms with Gasteiger partial charge >= 0.3 is 0 Å². The third kappa shape index (κ3) is 5.12. The summed E-state index contributed by atoms with van der Waals surface area (Å²) in [6.07, 6.45) is -1.73. The van der Waals surface area contributed by atoms with Crippen LogP contribution in [0.5, 0.6) is 0 Å². The average Bonchev–Trinajstić information content (AvgIpc) is 2.46. The van der Waals surface area contributed by atoms with Crippen LogP contribution in [0.15, 0.2) is 50.7 Å². The van der Waals surface area contributed by atoms with Gasteiger partial charge in [0.05, 0.1) is 28.0 Å². The normalized spacial score (nSPS) is 11.5. The fourth-order valence-electron chi connectivity index (χ4n) is 1.73. The Kier molecular flexibility index (Phi) is 7.56. The van der Waals surface area contributed by atoms with Crippen LogP contribution in [0.2, 0.25) is 0 Å². The minimum atomic E-state index is -2.58. The molecular weight excluding hydrogens is 476 g/mol. The van der Waals surface area contributed by atoms with Gasteiger partial charge in [-0.3, -0.25) is 4.79 Å². The van der Waals surface area contributed by atoms with Gasteiger partial charge < -0.3 is 11.1 Å². The van der Waals surface area contributed by atoms with Crippen LogP contribution in [-0.4, -0.2) is 18.8 Å². The van der Waals surface area contributed by atoms with Crippen molar-refractivity contribution in [1.82, 2.24) is 0 Å². The van der Waals surface area contributed by atoms with E-state index in [0.29, 0.717) is 0 Å². The molecule has 24 heavy (non-hydrogen) atoms. The van der Waals surface area contributed by atoms with Crippen molar-refractivity contribution >= 4 is 60.6 Å². The molecule has 0 aromatic heterocycles. The molecule has 0 heterocycles. The second-order valence-electron chi connectivity index (χ2n) is 4.52. The van der Waals surface area contributed by atoms with Crippen molar-refractivity contribution in [2.24, 2.45) is 0 Å². The van der Waals surface area contributed by atoms with Crippen molar-refractivity contribution < 1.29 is 18.0 Å². The summed E-state index contributed by atoms with van der Waals surface area (Å²) < 4.78 is 38.1. The number of alkyl halides is 2. The van der Waals surface area contributed by atoms with Crippen LogP contribution in [-0.2, 0) is 0 Å². The van der Waals surface area contributed by atoms with Gasteiger partial charge in [-0.15, -0.1) is 0 Å². The summed E-state index contributed by atoms with van der Waals surface area (Å²) in [5.41, 5.74) is 5.94. The monoisotopic (exact) mass is 486 g/mol. The molecule has 1 aromatic rings. The minimum Gasteiger partial charge on any atom is -0.396 e. The lowest BCUT2D eigenvalue weighted by molar-refractivity contribution is 0.103. The number of nitrogens with one attached hydrogen (secondary N) is 1. The van der Waals surface area contributed by atoms with Gasteiger partial charge in [0, 0.05) is 15.1 Å². The number of nitrogens with two attached hydrogens (primary N) is 1. The molecule has 3 nitrogen and oxygen atoms in total. The van der Waals surface area contributed by atoms with E-state index in [9.17, 15) is 18.0 Å². The van der Waals surface area contributed by atoms with Gasteiger partial charge in [-0.1, -0.05) is 24.8 Å². The summed E-state index contributed by atoms with van der Waals surface area (Å²) in [5, 5.41) is 2.28. The zero-order valence-electron chi connectivity index (χ0n) is 12.1. The Hall–Kier alpha value is -1.25. The van der Waals surface area contributed by atoms with Crippen LogP contribution in [0.1, 0.15) is 10.4 Å². The molecule has 0 spiro atoms. The predicted molar refractivity (Wildman–Crippen MR) is 98.4 cm³/mol. The molecule has 0 radical (unpaired) electrons. The van der Waals surface area contributed by atoms with Crippen LogP contribution >= 0.6 is 43.5 Å². The highest BCUT2D eigenvalue weighted by molar-refractivity contribution is 9.11. The molecule has 0 amide bonds. The fourth-order valence-corrected chi connectivity index (χ4v) is 3.36. The van der Waals surface area contributed by atoms with Gasteiger partial charge in [0.25, 0.3) is 6.43 Å². The lowest BCUT2D eigenvalue weighted by Gasteiger charge is -2.16. The third-order valence-corrected chi connectivity index (χ3v) is 4.42. The highest BCUT2D eigenvalue weighted by Gasteiger charge is 2.23. The Labute approximate surface area is 158 Å². The number of hydrogen-bond donors (Lipinski definition) is 2. The fraction of sp³-hybridized carbons (Fsp3) is 0.133. The lowest BCUT2D eigenvalue weighted by Crippen LogP contribution is -2.14. The summed E-state index contributed by atoms with van der Waals surface area (Å²) in [5.74, 6) is -1.55. The van der Waals surface area contributed by atoms with Crippen molar-refractivity contribution in [3.05, 3.63) is 56.2 Å². The quantitative estimate of drug-likeness (QED) is 0.220. The van der Waals surface area contributed by atoms with Crippen molar-refractivity contribution in [2.75, 3.05) is 17.6 Å². The van der Waals surface area contributed by atoms with Crippen LogP contribution in [0.25, 0.3) is 0 Å². The first-order valence-electron chi connectivity index (χ1n) is 6.31. The van der Waals surface area contributed by atoms with Crippen molar-refractivity contribution in [3.8, 4) is 0 Å². The van der Waals surface area contributed by atoms with Gasteiger partial charge in [-0.25, -0.2) is 13.2 Å². The van der Waals surface area contributed by atoms with E-state index in [0.717, 1.165) is 6.08 Å². The molecule has 1 rings (SSSR count). The van der Waals surface area contributed by atoms with Gasteiger partial charge in [-0.2, -0.15) is 0 Å². The number of benzene rings is 1. The summed E-state index contributed by atoms with van der Waals surface area (Å²) in [4.78, 5) is 12.6. The number of anilines is 2. The number of ketones is 1. The largest absolute Gasteiger partial charge is 0.396 e. The SMILES string of the molecule is C=C(F)/C=C(\C(=C)Cl)C(=O)c1c(Br)cc(NCC(F)F)c(N)c1Br. The number of rotatable bonds is 7.